The number of carbonyl (C=O) groups is 1. The maximum Gasteiger partial charge on any atom is 0.407 e. The highest BCUT2D eigenvalue weighted by Crippen LogP contribution is 2.42. The first-order chi connectivity index (χ1) is 14.9. The van der Waals surface area contributed by atoms with Gasteiger partial charge in [-0.25, -0.2) is 13.6 Å². The molecule has 1 amide bonds. The number of hydrogen-bond donors (Lipinski definition) is 2. The zero-order valence-corrected chi connectivity index (χ0v) is 17.2. The number of ether oxygens (including phenoxy) is 2. The maximum absolute atomic E-state index is 13.5. The Kier molecular flexibility index (Phi) is 7.81. The fourth-order valence-electron chi connectivity index (χ4n) is 4.03. The number of aliphatic hydroxyl groups is 1. The fraction of sp³-hybridized carbons (Fsp3) is 0.435. The smallest absolute Gasteiger partial charge is 0.407 e. The standard InChI is InChI=1S/C23H27F2NO5/c24-10-13-30-14-15-31-21-3-1-2-19(16-21)23(29,17-4-6-20(25)7-5-17)18-8-11-26(12-9-18)22(27)28/h1-7,16,18,29H,8-15H2,(H,27,28). The molecular formula is C23H27F2NO5. The minimum absolute atomic E-state index is 0.0166. The molecule has 0 aromatic heterocycles. The zero-order chi connectivity index (χ0) is 22.3. The first-order valence-corrected chi connectivity index (χ1v) is 10.3. The summed E-state index contributed by atoms with van der Waals surface area (Å²) in [4.78, 5) is 12.6. The molecule has 0 radical (unpaired) electrons. The molecule has 1 atom stereocenters. The number of carboxylic acid groups (broad SMARTS) is 1. The highest BCUT2D eigenvalue weighted by atomic mass is 19.1. The fourth-order valence-corrected chi connectivity index (χ4v) is 4.03. The normalized spacial score (nSPS) is 16.7. The van der Waals surface area contributed by atoms with Crippen molar-refractivity contribution in [2.75, 3.05) is 39.6 Å². The summed E-state index contributed by atoms with van der Waals surface area (Å²) in [6.45, 7) is 0.556. The van der Waals surface area contributed by atoms with Crippen LogP contribution in [0.2, 0.25) is 0 Å². The van der Waals surface area contributed by atoms with Gasteiger partial charge in [-0.1, -0.05) is 24.3 Å². The van der Waals surface area contributed by atoms with Gasteiger partial charge in [-0.2, -0.15) is 0 Å². The van der Waals surface area contributed by atoms with E-state index in [1.165, 1.54) is 17.0 Å². The average Bonchev–Trinajstić information content (AvgIpc) is 2.79. The van der Waals surface area contributed by atoms with Gasteiger partial charge in [-0.3, -0.25) is 0 Å². The summed E-state index contributed by atoms with van der Waals surface area (Å²) < 4.78 is 36.4. The summed E-state index contributed by atoms with van der Waals surface area (Å²) >= 11 is 0. The second-order valence-electron chi connectivity index (χ2n) is 7.49. The van der Waals surface area contributed by atoms with E-state index in [9.17, 15) is 23.8 Å². The number of amides is 1. The van der Waals surface area contributed by atoms with Crippen LogP contribution in [0.25, 0.3) is 0 Å². The Labute approximate surface area is 180 Å². The molecule has 2 aromatic rings. The van der Waals surface area contributed by atoms with Crippen LogP contribution >= 0.6 is 0 Å². The highest BCUT2D eigenvalue weighted by molar-refractivity contribution is 5.65. The van der Waals surface area contributed by atoms with E-state index in [4.69, 9.17) is 9.47 Å². The molecule has 3 rings (SSSR count). The largest absolute Gasteiger partial charge is 0.491 e. The molecule has 31 heavy (non-hydrogen) atoms. The summed E-state index contributed by atoms with van der Waals surface area (Å²) in [6.07, 6.45) is -0.0563. The van der Waals surface area contributed by atoms with E-state index in [1.54, 1.807) is 36.4 Å². The number of alkyl halides is 1. The molecule has 2 N–H and O–H groups in total. The van der Waals surface area contributed by atoms with E-state index in [0.717, 1.165) is 0 Å². The Morgan fingerprint density at radius 1 is 1.06 bits per heavy atom. The third-order valence-corrected chi connectivity index (χ3v) is 5.63. The molecule has 168 valence electrons. The molecular weight excluding hydrogens is 408 g/mol. The maximum atomic E-state index is 13.5. The van der Waals surface area contributed by atoms with Crippen LogP contribution in [0.3, 0.4) is 0 Å². The molecule has 1 aliphatic rings. The third-order valence-electron chi connectivity index (χ3n) is 5.63. The third kappa shape index (κ3) is 5.51. The van der Waals surface area contributed by atoms with E-state index in [2.05, 4.69) is 0 Å². The monoisotopic (exact) mass is 435 g/mol. The van der Waals surface area contributed by atoms with Gasteiger partial charge in [0.2, 0.25) is 0 Å². The first-order valence-electron chi connectivity index (χ1n) is 10.3. The van der Waals surface area contributed by atoms with Crippen LogP contribution in [-0.4, -0.2) is 60.8 Å². The molecule has 1 unspecified atom stereocenters. The van der Waals surface area contributed by atoms with E-state index in [-0.39, 0.29) is 25.7 Å². The van der Waals surface area contributed by atoms with Gasteiger partial charge in [0.15, 0.2) is 0 Å². The second-order valence-corrected chi connectivity index (χ2v) is 7.49. The molecule has 8 heteroatoms. The lowest BCUT2D eigenvalue weighted by Gasteiger charge is -2.41. The summed E-state index contributed by atoms with van der Waals surface area (Å²) in [5, 5.41) is 21.2. The van der Waals surface area contributed by atoms with E-state index in [0.29, 0.717) is 42.8 Å². The van der Waals surface area contributed by atoms with Crippen LogP contribution in [0.5, 0.6) is 5.75 Å². The second kappa shape index (κ2) is 10.5. The lowest BCUT2D eigenvalue weighted by Crippen LogP contribution is -2.45. The molecule has 0 saturated carbocycles. The average molecular weight is 435 g/mol. The number of piperidine rings is 1. The Hall–Kier alpha value is -2.71. The molecule has 0 bridgehead atoms. The lowest BCUT2D eigenvalue weighted by molar-refractivity contribution is -0.0123. The predicted octanol–water partition coefficient (Wildman–Crippen LogP) is 3.82. The van der Waals surface area contributed by atoms with Gasteiger partial charge >= 0.3 is 6.09 Å². The Bertz CT molecular complexity index is 855. The van der Waals surface area contributed by atoms with E-state index < -0.39 is 24.2 Å². The number of halogens is 2. The molecule has 0 spiro atoms. The van der Waals surface area contributed by atoms with Crippen molar-refractivity contribution in [1.29, 1.82) is 0 Å². The van der Waals surface area contributed by atoms with Crippen LogP contribution in [-0.2, 0) is 10.3 Å². The van der Waals surface area contributed by atoms with Crippen molar-refractivity contribution in [1.82, 2.24) is 4.90 Å². The van der Waals surface area contributed by atoms with Crippen molar-refractivity contribution in [3.63, 3.8) is 0 Å². The Morgan fingerprint density at radius 3 is 2.42 bits per heavy atom. The van der Waals surface area contributed by atoms with Gasteiger partial charge in [0.05, 0.1) is 13.2 Å². The first kappa shape index (κ1) is 23.0. The molecule has 6 nitrogen and oxygen atoms in total. The summed E-state index contributed by atoms with van der Waals surface area (Å²) in [6, 6.07) is 12.7. The van der Waals surface area contributed by atoms with Gasteiger partial charge in [-0.05, 0) is 54.2 Å². The quantitative estimate of drug-likeness (QED) is 0.586. The lowest BCUT2D eigenvalue weighted by atomic mass is 9.72. The van der Waals surface area contributed by atoms with Crippen LogP contribution in [0.1, 0.15) is 24.0 Å². The Balaban J connectivity index is 1.86. The SMILES string of the molecule is O=C(O)N1CCC(C(O)(c2ccc(F)cc2)c2cccc(OCCOCCF)c2)CC1. The number of likely N-dealkylation sites (tertiary alicyclic amines) is 1. The van der Waals surface area contributed by atoms with Crippen molar-refractivity contribution in [3.8, 4) is 5.75 Å². The molecule has 1 saturated heterocycles. The Morgan fingerprint density at radius 2 is 1.77 bits per heavy atom. The van der Waals surface area contributed by atoms with E-state index in [1.807, 2.05) is 0 Å². The van der Waals surface area contributed by atoms with Crippen molar-refractivity contribution in [2.24, 2.45) is 5.92 Å². The van der Waals surface area contributed by atoms with Crippen molar-refractivity contribution in [3.05, 3.63) is 65.5 Å². The van der Waals surface area contributed by atoms with Crippen LogP contribution in [0, 0.1) is 11.7 Å². The van der Waals surface area contributed by atoms with Gasteiger partial charge in [-0.15, -0.1) is 0 Å². The van der Waals surface area contributed by atoms with Crippen molar-refractivity contribution in [2.45, 2.75) is 18.4 Å². The molecule has 2 aromatic carbocycles. The molecule has 1 fully saturated rings. The zero-order valence-electron chi connectivity index (χ0n) is 17.2. The number of nitrogens with zero attached hydrogens (tertiary/aromatic N) is 1. The van der Waals surface area contributed by atoms with Gasteiger partial charge in [0.1, 0.15) is 30.4 Å². The minimum Gasteiger partial charge on any atom is -0.491 e. The van der Waals surface area contributed by atoms with Crippen molar-refractivity contribution < 1.29 is 33.3 Å². The van der Waals surface area contributed by atoms with Crippen molar-refractivity contribution >= 4 is 6.09 Å². The topological polar surface area (TPSA) is 79.2 Å². The summed E-state index contributed by atoms with van der Waals surface area (Å²) in [5.41, 5.74) is -0.330. The van der Waals surface area contributed by atoms with E-state index >= 15 is 0 Å². The summed E-state index contributed by atoms with van der Waals surface area (Å²) in [7, 11) is 0. The summed E-state index contributed by atoms with van der Waals surface area (Å²) in [5.74, 6) is -0.154. The minimum atomic E-state index is -1.44. The number of benzene rings is 2. The number of hydrogen-bond acceptors (Lipinski definition) is 4. The van der Waals surface area contributed by atoms with Gasteiger partial charge in [0, 0.05) is 13.1 Å². The van der Waals surface area contributed by atoms with Crippen LogP contribution in [0.4, 0.5) is 13.6 Å². The van der Waals surface area contributed by atoms with Crippen LogP contribution < -0.4 is 4.74 Å². The molecule has 0 aliphatic carbocycles. The highest BCUT2D eigenvalue weighted by Gasteiger charge is 2.42. The predicted molar refractivity (Wildman–Crippen MR) is 110 cm³/mol. The molecule has 1 heterocycles. The molecule has 1 aliphatic heterocycles. The van der Waals surface area contributed by atoms with Crippen LogP contribution in [0.15, 0.2) is 48.5 Å². The van der Waals surface area contributed by atoms with Gasteiger partial charge in [0.25, 0.3) is 0 Å². The van der Waals surface area contributed by atoms with Gasteiger partial charge < -0.3 is 24.6 Å². The number of rotatable bonds is 9.